The third-order valence-electron chi connectivity index (χ3n) is 6.51. The van der Waals surface area contributed by atoms with Gasteiger partial charge in [0, 0.05) is 28.6 Å². The van der Waals surface area contributed by atoms with Crippen LogP contribution in [0.15, 0.2) is 35.8 Å². The van der Waals surface area contributed by atoms with E-state index in [1.807, 2.05) is 17.6 Å². The standard InChI is InChI=1S/C25H30FN5OS/c1-16(2)31-10-11-32-24-20(26)12-18(13-23(24)31)22-15-33-25(29-22)28-19-4-5-21(27-14-19)17-6-8-30(3)9-7-17/h4-5,12-17H,6-11H2,1-3H3,(H,28,29). The minimum Gasteiger partial charge on any atom is -0.486 e. The molecule has 0 spiro atoms. The van der Waals surface area contributed by atoms with Gasteiger partial charge in [-0.15, -0.1) is 11.3 Å². The fourth-order valence-electron chi connectivity index (χ4n) is 4.60. The lowest BCUT2D eigenvalue weighted by Gasteiger charge is -2.34. The maximum atomic E-state index is 14.8. The number of benzene rings is 1. The molecule has 2 aliphatic rings. The van der Waals surface area contributed by atoms with Gasteiger partial charge in [0.15, 0.2) is 16.7 Å². The van der Waals surface area contributed by atoms with Crippen molar-refractivity contribution in [3.05, 3.63) is 47.4 Å². The Bertz CT molecular complexity index is 1110. The van der Waals surface area contributed by atoms with Crippen LogP contribution in [0.25, 0.3) is 11.3 Å². The Balaban J connectivity index is 1.32. The second kappa shape index (κ2) is 9.27. The van der Waals surface area contributed by atoms with E-state index in [4.69, 9.17) is 14.7 Å². The molecule has 0 amide bonds. The Morgan fingerprint density at radius 2 is 2.00 bits per heavy atom. The van der Waals surface area contributed by atoms with Crippen LogP contribution < -0.4 is 15.0 Å². The van der Waals surface area contributed by atoms with Crippen molar-refractivity contribution < 1.29 is 9.13 Å². The summed E-state index contributed by atoms with van der Waals surface area (Å²) >= 11 is 1.50. The van der Waals surface area contributed by atoms with Gasteiger partial charge in [-0.2, -0.15) is 0 Å². The zero-order valence-electron chi connectivity index (χ0n) is 19.3. The number of piperidine rings is 1. The lowest BCUT2D eigenvalue weighted by molar-refractivity contribution is 0.253. The van der Waals surface area contributed by atoms with Gasteiger partial charge in [-0.3, -0.25) is 4.98 Å². The van der Waals surface area contributed by atoms with E-state index in [-0.39, 0.29) is 11.9 Å². The molecule has 1 N–H and O–H groups in total. The number of thiazole rings is 1. The second-order valence-corrected chi connectivity index (χ2v) is 10.0. The topological polar surface area (TPSA) is 53.5 Å². The predicted molar refractivity (Wildman–Crippen MR) is 132 cm³/mol. The van der Waals surface area contributed by atoms with Gasteiger partial charge in [0.05, 0.1) is 29.8 Å². The molecule has 4 heterocycles. The van der Waals surface area contributed by atoms with Crippen molar-refractivity contribution in [1.82, 2.24) is 14.9 Å². The molecule has 2 aliphatic heterocycles. The van der Waals surface area contributed by atoms with Crippen LogP contribution in [0.3, 0.4) is 0 Å². The highest BCUT2D eigenvalue weighted by Gasteiger charge is 2.25. The quantitative estimate of drug-likeness (QED) is 0.534. The molecule has 3 aromatic rings. The van der Waals surface area contributed by atoms with Gasteiger partial charge < -0.3 is 19.9 Å². The third-order valence-corrected chi connectivity index (χ3v) is 7.27. The largest absolute Gasteiger partial charge is 0.486 e. The Morgan fingerprint density at radius 3 is 2.73 bits per heavy atom. The van der Waals surface area contributed by atoms with Crippen molar-refractivity contribution in [3.63, 3.8) is 0 Å². The van der Waals surface area contributed by atoms with Gasteiger partial charge in [0.25, 0.3) is 0 Å². The van der Waals surface area contributed by atoms with Crippen LogP contribution in [0.2, 0.25) is 0 Å². The summed E-state index contributed by atoms with van der Waals surface area (Å²) in [7, 11) is 2.17. The molecule has 0 unspecified atom stereocenters. The van der Waals surface area contributed by atoms with Crippen LogP contribution in [0.5, 0.6) is 5.75 Å². The van der Waals surface area contributed by atoms with Gasteiger partial charge in [0.1, 0.15) is 6.61 Å². The van der Waals surface area contributed by atoms with E-state index in [0.29, 0.717) is 18.3 Å². The first-order valence-electron chi connectivity index (χ1n) is 11.6. The summed E-state index contributed by atoms with van der Waals surface area (Å²) in [6, 6.07) is 7.94. The molecule has 8 heteroatoms. The summed E-state index contributed by atoms with van der Waals surface area (Å²) in [5.41, 5.74) is 4.36. The number of likely N-dealkylation sites (tertiary alicyclic amines) is 1. The monoisotopic (exact) mass is 467 g/mol. The van der Waals surface area contributed by atoms with Crippen molar-refractivity contribution in [2.45, 2.75) is 38.6 Å². The van der Waals surface area contributed by atoms with Crippen LogP contribution in [-0.4, -0.2) is 54.2 Å². The number of aromatic nitrogens is 2. The van der Waals surface area contributed by atoms with Crippen LogP contribution in [-0.2, 0) is 0 Å². The fraction of sp³-hybridized carbons (Fsp3) is 0.440. The molecule has 0 radical (unpaired) electrons. The highest BCUT2D eigenvalue weighted by molar-refractivity contribution is 7.14. The Labute approximate surface area is 198 Å². The van der Waals surface area contributed by atoms with Crippen LogP contribution in [0.1, 0.15) is 38.3 Å². The summed E-state index contributed by atoms with van der Waals surface area (Å²) < 4.78 is 20.4. The van der Waals surface area contributed by atoms with E-state index in [2.05, 4.69) is 48.1 Å². The molecular formula is C25H30FN5OS. The van der Waals surface area contributed by atoms with Crippen molar-refractivity contribution in [2.75, 3.05) is 43.5 Å². The molecule has 0 atom stereocenters. The molecule has 174 valence electrons. The first-order valence-corrected chi connectivity index (χ1v) is 12.5. The van der Waals surface area contributed by atoms with Crippen LogP contribution in [0, 0.1) is 5.82 Å². The summed E-state index contributed by atoms with van der Waals surface area (Å²) in [6.45, 7) is 7.71. The van der Waals surface area contributed by atoms with E-state index in [0.717, 1.165) is 65.9 Å². The lowest BCUT2D eigenvalue weighted by atomic mass is 9.93. The zero-order chi connectivity index (χ0) is 22.9. The van der Waals surface area contributed by atoms with E-state index in [1.165, 1.54) is 17.4 Å². The van der Waals surface area contributed by atoms with E-state index < -0.39 is 0 Å². The smallest absolute Gasteiger partial charge is 0.187 e. The molecule has 1 aromatic carbocycles. The predicted octanol–water partition coefficient (Wildman–Crippen LogP) is 5.50. The maximum Gasteiger partial charge on any atom is 0.187 e. The molecule has 0 bridgehead atoms. The summed E-state index contributed by atoms with van der Waals surface area (Å²) in [4.78, 5) is 13.9. The van der Waals surface area contributed by atoms with Gasteiger partial charge in [-0.05, 0) is 71.1 Å². The number of pyridine rings is 1. The number of rotatable bonds is 5. The van der Waals surface area contributed by atoms with Crippen molar-refractivity contribution in [3.8, 4) is 17.0 Å². The number of nitrogens with one attached hydrogen (secondary N) is 1. The highest BCUT2D eigenvalue weighted by atomic mass is 32.1. The van der Waals surface area contributed by atoms with Gasteiger partial charge in [-0.1, -0.05) is 0 Å². The number of ether oxygens (including phenoxy) is 1. The Hall–Kier alpha value is -2.71. The maximum absolute atomic E-state index is 14.8. The first-order chi connectivity index (χ1) is 16.0. The molecule has 5 rings (SSSR count). The number of anilines is 3. The van der Waals surface area contributed by atoms with Crippen molar-refractivity contribution in [1.29, 1.82) is 0 Å². The first kappa shape index (κ1) is 22.1. The van der Waals surface area contributed by atoms with Crippen LogP contribution >= 0.6 is 11.3 Å². The molecule has 0 saturated carbocycles. The Morgan fingerprint density at radius 1 is 1.18 bits per heavy atom. The molecule has 33 heavy (non-hydrogen) atoms. The number of hydrogen-bond acceptors (Lipinski definition) is 7. The van der Waals surface area contributed by atoms with E-state index in [9.17, 15) is 4.39 Å². The number of nitrogens with zero attached hydrogens (tertiary/aromatic N) is 4. The second-order valence-electron chi connectivity index (χ2n) is 9.15. The summed E-state index contributed by atoms with van der Waals surface area (Å²) in [6.07, 6.45) is 4.19. The number of hydrogen-bond donors (Lipinski definition) is 1. The summed E-state index contributed by atoms with van der Waals surface area (Å²) in [5, 5.41) is 6.05. The Kier molecular flexibility index (Phi) is 6.21. The molecule has 0 aliphatic carbocycles. The zero-order valence-corrected chi connectivity index (χ0v) is 20.2. The van der Waals surface area contributed by atoms with Gasteiger partial charge in [0.2, 0.25) is 0 Å². The minimum absolute atomic E-state index is 0.264. The molecule has 2 aromatic heterocycles. The van der Waals surface area contributed by atoms with Gasteiger partial charge >= 0.3 is 0 Å². The fourth-order valence-corrected chi connectivity index (χ4v) is 5.34. The van der Waals surface area contributed by atoms with Gasteiger partial charge in [-0.25, -0.2) is 9.37 Å². The van der Waals surface area contributed by atoms with E-state index >= 15 is 0 Å². The van der Waals surface area contributed by atoms with Crippen LogP contribution in [0.4, 0.5) is 20.9 Å². The normalized spacial score (nSPS) is 17.2. The van der Waals surface area contributed by atoms with E-state index in [1.54, 1.807) is 0 Å². The van der Waals surface area contributed by atoms with Crippen molar-refractivity contribution in [2.24, 2.45) is 0 Å². The van der Waals surface area contributed by atoms with Crippen molar-refractivity contribution >= 4 is 27.8 Å². The third kappa shape index (κ3) is 4.68. The highest BCUT2D eigenvalue weighted by Crippen LogP contribution is 2.40. The molecule has 1 fully saturated rings. The summed E-state index contributed by atoms with van der Waals surface area (Å²) in [5.74, 6) is 0.530. The average Bonchev–Trinajstić information content (AvgIpc) is 3.28. The average molecular weight is 468 g/mol. The minimum atomic E-state index is -0.343. The molecule has 6 nitrogen and oxygen atoms in total. The number of fused-ring (bicyclic) bond motifs is 1. The number of halogens is 1. The lowest BCUT2D eigenvalue weighted by Crippen LogP contribution is -2.38. The SMILES string of the molecule is CC(C)N1CCOc2c(F)cc(-c3csc(Nc4ccc(C5CCN(C)CC5)nc4)n3)cc21. The molecule has 1 saturated heterocycles. The molecular weight excluding hydrogens is 437 g/mol.